The van der Waals surface area contributed by atoms with Gasteiger partial charge >= 0.3 is 0 Å². The fourth-order valence-electron chi connectivity index (χ4n) is 3.10. The van der Waals surface area contributed by atoms with Crippen LogP contribution in [-0.4, -0.2) is 67.1 Å². The lowest BCUT2D eigenvalue weighted by atomic mass is 10.2. The molecule has 144 valence electrons. The quantitative estimate of drug-likeness (QED) is 0.708. The molecule has 0 spiro atoms. The Morgan fingerprint density at radius 2 is 2.04 bits per heavy atom. The SMILES string of the molecule is CNC(=O)c1ccnc(NCCCN2CCN(c3cccc(Cl)c3)CC2)n1. The molecule has 0 aliphatic carbocycles. The maximum absolute atomic E-state index is 11.6. The van der Waals surface area contributed by atoms with Gasteiger partial charge in [-0.05, 0) is 37.2 Å². The average molecular weight is 389 g/mol. The summed E-state index contributed by atoms with van der Waals surface area (Å²) in [5.41, 5.74) is 1.56. The van der Waals surface area contributed by atoms with E-state index in [1.165, 1.54) is 5.69 Å². The summed E-state index contributed by atoms with van der Waals surface area (Å²) in [5, 5.41) is 6.53. The Labute approximate surface area is 164 Å². The summed E-state index contributed by atoms with van der Waals surface area (Å²) in [7, 11) is 1.59. The molecule has 8 heteroatoms. The molecular weight excluding hydrogens is 364 g/mol. The topological polar surface area (TPSA) is 73.4 Å². The standard InChI is InChI=1S/C19H25ClN6O/c1-21-18(27)17-6-8-23-19(24-17)22-7-3-9-25-10-12-26(13-11-25)16-5-2-4-15(20)14-16/h2,4-6,8,14H,3,7,9-13H2,1H3,(H,21,27)(H,22,23,24). The molecular formula is C19H25ClN6O. The van der Waals surface area contributed by atoms with Crippen molar-refractivity contribution in [3.63, 3.8) is 0 Å². The number of nitrogens with one attached hydrogen (secondary N) is 2. The number of piperazine rings is 1. The highest BCUT2D eigenvalue weighted by Gasteiger charge is 2.17. The second-order valence-electron chi connectivity index (χ2n) is 6.43. The molecule has 0 unspecified atom stereocenters. The van der Waals surface area contributed by atoms with Crippen LogP contribution in [0.25, 0.3) is 0 Å². The van der Waals surface area contributed by atoms with Gasteiger partial charge in [0.2, 0.25) is 5.95 Å². The molecule has 1 fully saturated rings. The minimum atomic E-state index is -0.210. The van der Waals surface area contributed by atoms with Crippen LogP contribution in [0.1, 0.15) is 16.9 Å². The van der Waals surface area contributed by atoms with Gasteiger partial charge in [-0.15, -0.1) is 0 Å². The summed E-state index contributed by atoms with van der Waals surface area (Å²) in [6.45, 7) is 5.87. The second-order valence-corrected chi connectivity index (χ2v) is 6.87. The third kappa shape index (κ3) is 5.55. The molecule has 1 aliphatic rings. The Morgan fingerprint density at radius 1 is 1.22 bits per heavy atom. The van der Waals surface area contributed by atoms with Crippen molar-refractivity contribution in [1.29, 1.82) is 0 Å². The van der Waals surface area contributed by atoms with E-state index in [4.69, 9.17) is 11.6 Å². The second kappa shape index (κ2) is 9.53. The highest BCUT2D eigenvalue weighted by Crippen LogP contribution is 2.20. The molecule has 1 amide bonds. The van der Waals surface area contributed by atoms with Crippen LogP contribution in [0.5, 0.6) is 0 Å². The molecule has 0 radical (unpaired) electrons. The predicted octanol–water partition coefficient (Wildman–Crippen LogP) is 2.11. The van der Waals surface area contributed by atoms with Crippen LogP contribution in [0.3, 0.4) is 0 Å². The molecule has 1 aromatic heterocycles. The summed E-state index contributed by atoms with van der Waals surface area (Å²) in [4.78, 5) is 24.8. The molecule has 0 saturated carbocycles. The Balaban J connectivity index is 1.38. The van der Waals surface area contributed by atoms with Crippen LogP contribution in [0.2, 0.25) is 5.02 Å². The molecule has 0 atom stereocenters. The van der Waals surface area contributed by atoms with Gasteiger partial charge in [-0.1, -0.05) is 17.7 Å². The number of hydrogen-bond donors (Lipinski definition) is 2. The number of benzene rings is 1. The van der Waals surface area contributed by atoms with Crippen LogP contribution in [0.4, 0.5) is 11.6 Å². The van der Waals surface area contributed by atoms with Crippen LogP contribution >= 0.6 is 11.6 Å². The lowest BCUT2D eigenvalue weighted by Gasteiger charge is -2.36. The van der Waals surface area contributed by atoms with Gasteiger partial charge < -0.3 is 15.5 Å². The van der Waals surface area contributed by atoms with Crippen LogP contribution in [0.15, 0.2) is 36.5 Å². The zero-order chi connectivity index (χ0) is 19.1. The molecule has 7 nitrogen and oxygen atoms in total. The minimum absolute atomic E-state index is 0.210. The Hall–Kier alpha value is -2.38. The Morgan fingerprint density at radius 3 is 2.78 bits per heavy atom. The minimum Gasteiger partial charge on any atom is -0.369 e. The van der Waals surface area contributed by atoms with E-state index in [-0.39, 0.29) is 5.91 Å². The van der Waals surface area contributed by atoms with Crippen LogP contribution in [0, 0.1) is 0 Å². The molecule has 2 heterocycles. The van der Waals surface area contributed by atoms with E-state index in [9.17, 15) is 4.79 Å². The fraction of sp³-hybridized carbons (Fsp3) is 0.421. The van der Waals surface area contributed by atoms with E-state index >= 15 is 0 Å². The summed E-state index contributed by atoms with van der Waals surface area (Å²) in [6, 6.07) is 9.63. The van der Waals surface area contributed by atoms with Crippen LogP contribution in [-0.2, 0) is 0 Å². The maximum atomic E-state index is 11.6. The van der Waals surface area contributed by atoms with Crippen molar-refractivity contribution < 1.29 is 4.79 Å². The molecule has 1 aliphatic heterocycles. The highest BCUT2D eigenvalue weighted by atomic mass is 35.5. The third-order valence-corrected chi connectivity index (χ3v) is 4.83. The number of nitrogens with zero attached hydrogens (tertiary/aromatic N) is 4. The molecule has 0 bridgehead atoms. The van der Waals surface area contributed by atoms with Gasteiger partial charge in [0.25, 0.3) is 5.91 Å². The van der Waals surface area contributed by atoms with Gasteiger partial charge in [-0.25, -0.2) is 9.97 Å². The number of hydrogen-bond acceptors (Lipinski definition) is 6. The number of anilines is 2. The number of amides is 1. The molecule has 2 aromatic rings. The smallest absolute Gasteiger partial charge is 0.269 e. The van der Waals surface area contributed by atoms with E-state index in [2.05, 4.69) is 36.5 Å². The molecule has 3 rings (SSSR count). The number of aromatic nitrogens is 2. The zero-order valence-corrected chi connectivity index (χ0v) is 16.2. The number of carbonyl (C=O) groups excluding carboxylic acids is 1. The van der Waals surface area contributed by atoms with E-state index in [0.29, 0.717) is 11.6 Å². The summed E-state index contributed by atoms with van der Waals surface area (Å²) in [5.74, 6) is 0.278. The summed E-state index contributed by atoms with van der Waals surface area (Å²) >= 11 is 6.09. The van der Waals surface area contributed by atoms with Crippen molar-refractivity contribution in [3.8, 4) is 0 Å². The van der Waals surface area contributed by atoms with Crippen molar-refractivity contribution in [3.05, 3.63) is 47.2 Å². The number of rotatable bonds is 7. The molecule has 27 heavy (non-hydrogen) atoms. The van der Waals surface area contributed by atoms with Gasteiger partial charge in [0, 0.05) is 56.7 Å². The van der Waals surface area contributed by atoms with Gasteiger partial charge in [0.05, 0.1) is 0 Å². The Kier molecular flexibility index (Phi) is 6.84. The number of carbonyl (C=O) groups is 1. The first-order chi connectivity index (χ1) is 13.2. The van der Waals surface area contributed by atoms with Crippen molar-refractivity contribution in [2.75, 3.05) is 56.5 Å². The third-order valence-electron chi connectivity index (χ3n) is 4.60. The van der Waals surface area contributed by atoms with Crippen molar-refractivity contribution >= 4 is 29.1 Å². The predicted molar refractivity (Wildman–Crippen MR) is 109 cm³/mol. The van der Waals surface area contributed by atoms with Gasteiger partial charge in [-0.3, -0.25) is 9.69 Å². The monoisotopic (exact) mass is 388 g/mol. The maximum Gasteiger partial charge on any atom is 0.269 e. The normalized spacial score (nSPS) is 14.8. The van der Waals surface area contributed by atoms with E-state index in [1.807, 2.05) is 18.2 Å². The van der Waals surface area contributed by atoms with E-state index < -0.39 is 0 Å². The summed E-state index contributed by atoms with van der Waals surface area (Å²) < 4.78 is 0. The van der Waals surface area contributed by atoms with Crippen molar-refractivity contribution in [2.24, 2.45) is 0 Å². The van der Waals surface area contributed by atoms with Crippen LogP contribution < -0.4 is 15.5 Å². The lowest BCUT2D eigenvalue weighted by molar-refractivity contribution is 0.0958. The fourth-order valence-corrected chi connectivity index (χ4v) is 3.29. The Bertz CT molecular complexity index is 763. The van der Waals surface area contributed by atoms with Gasteiger partial charge in [0.1, 0.15) is 5.69 Å². The van der Waals surface area contributed by atoms with Gasteiger partial charge in [-0.2, -0.15) is 0 Å². The first-order valence-electron chi connectivity index (χ1n) is 9.17. The molecule has 1 saturated heterocycles. The van der Waals surface area contributed by atoms with E-state index in [0.717, 1.165) is 50.7 Å². The van der Waals surface area contributed by atoms with Crippen molar-refractivity contribution in [1.82, 2.24) is 20.2 Å². The lowest BCUT2D eigenvalue weighted by Crippen LogP contribution is -2.46. The first kappa shape index (κ1) is 19.4. The van der Waals surface area contributed by atoms with E-state index in [1.54, 1.807) is 19.3 Å². The van der Waals surface area contributed by atoms with Crippen molar-refractivity contribution in [2.45, 2.75) is 6.42 Å². The molecule has 1 aromatic carbocycles. The first-order valence-corrected chi connectivity index (χ1v) is 9.55. The number of halogens is 1. The highest BCUT2D eigenvalue weighted by molar-refractivity contribution is 6.30. The molecule has 2 N–H and O–H groups in total. The largest absolute Gasteiger partial charge is 0.369 e. The summed E-state index contributed by atoms with van der Waals surface area (Å²) in [6.07, 6.45) is 2.58. The average Bonchev–Trinajstić information content (AvgIpc) is 2.71. The van der Waals surface area contributed by atoms with Gasteiger partial charge in [0.15, 0.2) is 0 Å². The zero-order valence-electron chi connectivity index (χ0n) is 15.5.